The summed E-state index contributed by atoms with van der Waals surface area (Å²) in [6.07, 6.45) is 0.411. The van der Waals surface area contributed by atoms with Crippen molar-refractivity contribution in [1.29, 1.82) is 0 Å². The van der Waals surface area contributed by atoms with Gasteiger partial charge in [-0.25, -0.2) is 0 Å². The van der Waals surface area contributed by atoms with Crippen molar-refractivity contribution in [2.24, 2.45) is 0 Å². The number of hydrogen-bond donors (Lipinski definition) is 1. The maximum atomic E-state index is 11.4. The van der Waals surface area contributed by atoms with Gasteiger partial charge in [-0.1, -0.05) is 45.0 Å². The second kappa shape index (κ2) is 6.93. The Morgan fingerprint density at radius 1 is 1.20 bits per heavy atom. The van der Waals surface area contributed by atoms with Gasteiger partial charge < -0.3 is 5.11 Å². The molecule has 110 valence electrons. The molecule has 1 aromatic rings. The zero-order valence-corrected chi connectivity index (χ0v) is 13.3. The van der Waals surface area contributed by atoms with Gasteiger partial charge in [0.25, 0.3) is 0 Å². The Morgan fingerprint density at radius 3 is 2.15 bits per heavy atom. The first kappa shape index (κ1) is 16.8. The molecule has 0 fully saturated rings. The van der Waals surface area contributed by atoms with Crippen LogP contribution in [-0.4, -0.2) is 22.6 Å². The van der Waals surface area contributed by atoms with Crippen LogP contribution in [-0.2, 0) is 15.0 Å². The monoisotopic (exact) mass is 294 g/mol. The standard InChI is InChI=1S/C16H22O3S/c1-11(17)9-10-20-14(15(18)19)12-5-7-13(8-6-12)16(2,3)4/h5-8,14H,9-10H2,1-4H3,(H,18,19). The second-order valence-electron chi connectivity index (χ2n) is 5.91. The number of carboxylic acid groups (broad SMARTS) is 1. The maximum absolute atomic E-state index is 11.4. The Kier molecular flexibility index (Phi) is 5.81. The molecule has 0 bridgehead atoms. The van der Waals surface area contributed by atoms with Gasteiger partial charge in [0, 0.05) is 12.2 Å². The number of Topliss-reactive ketones (excluding diaryl/α,β-unsaturated/α-hetero) is 1. The average molecular weight is 294 g/mol. The largest absolute Gasteiger partial charge is 0.480 e. The van der Waals surface area contributed by atoms with Crippen LogP contribution >= 0.6 is 11.8 Å². The Bertz CT molecular complexity index is 471. The normalized spacial score (nSPS) is 13.0. The van der Waals surface area contributed by atoms with E-state index in [9.17, 15) is 14.7 Å². The highest BCUT2D eigenvalue weighted by atomic mass is 32.2. The van der Waals surface area contributed by atoms with Gasteiger partial charge in [0.15, 0.2) is 0 Å². The molecule has 0 saturated carbocycles. The third-order valence-corrected chi connectivity index (χ3v) is 4.29. The number of thioether (sulfide) groups is 1. The molecule has 20 heavy (non-hydrogen) atoms. The van der Waals surface area contributed by atoms with Crippen LogP contribution < -0.4 is 0 Å². The summed E-state index contributed by atoms with van der Waals surface area (Å²) in [5.41, 5.74) is 2.01. The lowest BCUT2D eigenvalue weighted by Gasteiger charge is -2.20. The number of aliphatic carboxylic acids is 1. The van der Waals surface area contributed by atoms with Crippen LogP contribution in [0.2, 0.25) is 0 Å². The van der Waals surface area contributed by atoms with Gasteiger partial charge in [0.05, 0.1) is 0 Å². The molecule has 0 aliphatic carbocycles. The minimum absolute atomic E-state index is 0.0546. The Hall–Kier alpha value is -1.29. The minimum atomic E-state index is -0.859. The molecular formula is C16H22O3S. The van der Waals surface area contributed by atoms with Gasteiger partial charge in [0.1, 0.15) is 11.0 Å². The van der Waals surface area contributed by atoms with Gasteiger partial charge in [-0.2, -0.15) is 0 Å². The summed E-state index contributed by atoms with van der Waals surface area (Å²) in [7, 11) is 0. The summed E-state index contributed by atoms with van der Waals surface area (Å²) in [6.45, 7) is 7.89. The van der Waals surface area contributed by atoms with Crippen molar-refractivity contribution in [2.45, 2.75) is 44.8 Å². The minimum Gasteiger partial charge on any atom is -0.480 e. The Morgan fingerprint density at radius 2 is 1.75 bits per heavy atom. The van der Waals surface area contributed by atoms with Crippen LogP contribution in [0, 0.1) is 0 Å². The summed E-state index contributed by atoms with van der Waals surface area (Å²) < 4.78 is 0. The first-order valence-corrected chi connectivity index (χ1v) is 7.71. The van der Waals surface area contributed by atoms with Crippen molar-refractivity contribution in [1.82, 2.24) is 0 Å². The lowest BCUT2D eigenvalue weighted by atomic mass is 9.86. The van der Waals surface area contributed by atoms with Crippen LogP contribution in [0.25, 0.3) is 0 Å². The highest BCUT2D eigenvalue weighted by Crippen LogP contribution is 2.31. The number of carboxylic acids is 1. The average Bonchev–Trinajstić information content (AvgIpc) is 2.33. The molecule has 1 rings (SSSR count). The van der Waals surface area contributed by atoms with E-state index < -0.39 is 11.2 Å². The summed E-state index contributed by atoms with van der Waals surface area (Å²) in [6, 6.07) is 7.72. The third kappa shape index (κ3) is 5.00. The quantitative estimate of drug-likeness (QED) is 0.866. The highest BCUT2D eigenvalue weighted by Gasteiger charge is 2.21. The fourth-order valence-corrected chi connectivity index (χ4v) is 2.92. The molecule has 0 radical (unpaired) electrons. The van der Waals surface area contributed by atoms with E-state index in [0.717, 1.165) is 5.56 Å². The molecule has 1 atom stereocenters. The van der Waals surface area contributed by atoms with Crippen LogP contribution in [0.5, 0.6) is 0 Å². The highest BCUT2D eigenvalue weighted by molar-refractivity contribution is 8.00. The molecule has 1 unspecified atom stereocenters. The van der Waals surface area contributed by atoms with Gasteiger partial charge in [-0.3, -0.25) is 9.59 Å². The van der Waals surface area contributed by atoms with Crippen LogP contribution in [0.15, 0.2) is 24.3 Å². The van der Waals surface area contributed by atoms with Gasteiger partial charge in [-0.05, 0) is 23.5 Å². The molecule has 0 heterocycles. The molecule has 0 aliphatic heterocycles. The van der Waals surface area contributed by atoms with Crippen molar-refractivity contribution in [3.63, 3.8) is 0 Å². The number of ketones is 1. The van der Waals surface area contributed by atoms with E-state index in [1.807, 2.05) is 24.3 Å². The molecule has 3 nitrogen and oxygen atoms in total. The van der Waals surface area contributed by atoms with Crippen molar-refractivity contribution in [3.8, 4) is 0 Å². The van der Waals surface area contributed by atoms with E-state index >= 15 is 0 Å². The number of carbonyl (C=O) groups excluding carboxylic acids is 1. The van der Waals surface area contributed by atoms with Gasteiger partial charge in [0.2, 0.25) is 0 Å². The fourth-order valence-electron chi connectivity index (χ4n) is 1.79. The molecule has 4 heteroatoms. The summed E-state index contributed by atoms with van der Waals surface area (Å²) in [4.78, 5) is 22.3. The smallest absolute Gasteiger partial charge is 0.321 e. The molecule has 1 N–H and O–H groups in total. The zero-order chi connectivity index (χ0) is 15.3. The zero-order valence-electron chi connectivity index (χ0n) is 12.5. The molecule has 0 aromatic heterocycles. The van der Waals surface area contributed by atoms with E-state index in [1.54, 1.807) is 0 Å². The van der Waals surface area contributed by atoms with Crippen molar-refractivity contribution >= 4 is 23.5 Å². The van der Waals surface area contributed by atoms with Crippen molar-refractivity contribution in [3.05, 3.63) is 35.4 Å². The molecule has 1 aromatic carbocycles. The van der Waals surface area contributed by atoms with E-state index in [-0.39, 0.29) is 11.2 Å². The van der Waals surface area contributed by atoms with Crippen LogP contribution in [0.3, 0.4) is 0 Å². The van der Waals surface area contributed by atoms with Gasteiger partial charge in [-0.15, -0.1) is 11.8 Å². The predicted molar refractivity (Wildman–Crippen MR) is 83.3 cm³/mol. The van der Waals surface area contributed by atoms with E-state index in [0.29, 0.717) is 12.2 Å². The van der Waals surface area contributed by atoms with E-state index in [2.05, 4.69) is 20.8 Å². The Labute approximate surface area is 124 Å². The molecule has 0 aliphatic rings. The topological polar surface area (TPSA) is 54.4 Å². The lowest BCUT2D eigenvalue weighted by molar-refractivity contribution is -0.136. The van der Waals surface area contributed by atoms with E-state index in [1.165, 1.54) is 24.2 Å². The molecule has 0 amide bonds. The van der Waals surface area contributed by atoms with E-state index in [4.69, 9.17) is 0 Å². The summed E-state index contributed by atoms with van der Waals surface area (Å²) in [5, 5.41) is 8.71. The maximum Gasteiger partial charge on any atom is 0.321 e. The number of benzene rings is 1. The third-order valence-electron chi connectivity index (χ3n) is 3.04. The molecular weight excluding hydrogens is 272 g/mol. The first-order valence-electron chi connectivity index (χ1n) is 6.66. The van der Waals surface area contributed by atoms with Crippen molar-refractivity contribution in [2.75, 3.05) is 5.75 Å². The second-order valence-corrected chi connectivity index (χ2v) is 7.13. The van der Waals surface area contributed by atoms with Crippen LogP contribution in [0.4, 0.5) is 0 Å². The van der Waals surface area contributed by atoms with Gasteiger partial charge >= 0.3 is 5.97 Å². The molecule has 0 saturated heterocycles. The fraction of sp³-hybridized carbons (Fsp3) is 0.500. The predicted octanol–water partition coefficient (Wildman–Crippen LogP) is 3.82. The number of rotatable bonds is 6. The number of hydrogen-bond acceptors (Lipinski definition) is 3. The Balaban J connectivity index is 2.82. The summed E-state index contributed by atoms with van der Waals surface area (Å²) >= 11 is 1.30. The van der Waals surface area contributed by atoms with Crippen molar-refractivity contribution < 1.29 is 14.7 Å². The molecule has 0 spiro atoms. The SMILES string of the molecule is CC(=O)CCSC(C(=O)O)c1ccc(C(C)(C)C)cc1. The summed E-state index contributed by atoms with van der Waals surface area (Å²) in [5.74, 6) is -0.236. The first-order chi connectivity index (χ1) is 9.21. The lowest BCUT2D eigenvalue weighted by Crippen LogP contribution is -2.13. The van der Waals surface area contributed by atoms with Crippen LogP contribution in [0.1, 0.15) is 50.5 Å². The number of carbonyl (C=O) groups is 2.